The van der Waals surface area contributed by atoms with Gasteiger partial charge in [0.05, 0.1) is 15.2 Å². The summed E-state index contributed by atoms with van der Waals surface area (Å²) in [5, 5.41) is 8.16. The van der Waals surface area contributed by atoms with Crippen LogP contribution in [-0.2, 0) is 7.05 Å². The molecule has 0 N–H and O–H groups in total. The summed E-state index contributed by atoms with van der Waals surface area (Å²) < 4.78 is 3.01. The van der Waals surface area contributed by atoms with Gasteiger partial charge in [0.25, 0.3) is 0 Å². The van der Waals surface area contributed by atoms with Crippen molar-refractivity contribution < 1.29 is 0 Å². The van der Waals surface area contributed by atoms with Gasteiger partial charge in [0.15, 0.2) is 0 Å². The average Bonchev–Trinajstić information content (AvgIpc) is 2.46. The molecular formula is C9H8ClN3S. The Kier molecular flexibility index (Phi) is 2.39. The zero-order chi connectivity index (χ0) is 10.1. The number of aryl methyl sites for hydroxylation is 1. The lowest BCUT2D eigenvalue weighted by molar-refractivity contribution is 0.890. The smallest absolute Gasteiger partial charge is 0.211 e. The van der Waals surface area contributed by atoms with Crippen molar-refractivity contribution in [3.8, 4) is 0 Å². The zero-order valence-corrected chi connectivity index (χ0v) is 9.14. The Morgan fingerprint density at radius 3 is 2.93 bits per heavy atom. The summed E-state index contributed by atoms with van der Waals surface area (Å²) in [6, 6.07) is 5.79. The van der Waals surface area contributed by atoms with Crippen LogP contribution in [0.15, 0.2) is 28.4 Å². The van der Waals surface area contributed by atoms with Crippen LogP contribution < -0.4 is 4.80 Å². The third-order valence-corrected chi connectivity index (χ3v) is 3.32. The minimum absolute atomic E-state index is 0.728. The molecule has 3 nitrogen and oxygen atoms in total. The third-order valence-electron chi connectivity index (χ3n) is 1.93. The van der Waals surface area contributed by atoms with Gasteiger partial charge in [0.2, 0.25) is 4.80 Å². The van der Waals surface area contributed by atoms with Gasteiger partial charge in [0.1, 0.15) is 0 Å². The lowest BCUT2D eigenvalue weighted by Crippen LogP contribution is -2.08. The first-order valence-electron chi connectivity index (χ1n) is 3.98. The van der Waals surface area contributed by atoms with Gasteiger partial charge in [-0.1, -0.05) is 29.0 Å². The fourth-order valence-electron chi connectivity index (χ4n) is 1.31. The van der Waals surface area contributed by atoms with Gasteiger partial charge in [-0.3, -0.25) is 0 Å². The topological polar surface area (TPSA) is 29.6 Å². The molecule has 2 rings (SSSR count). The molecule has 1 aromatic heterocycles. The number of thiazole rings is 1. The van der Waals surface area contributed by atoms with Crippen molar-refractivity contribution in [2.45, 2.75) is 0 Å². The van der Waals surface area contributed by atoms with E-state index in [-0.39, 0.29) is 0 Å². The number of aromatic nitrogens is 1. The number of benzene rings is 1. The van der Waals surface area contributed by atoms with Crippen molar-refractivity contribution in [1.29, 1.82) is 0 Å². The normalized spacial score (nSPS) is 12.3. The van der Waals surface area contributed by atoms with Crippen LogP contribution in [0, 0.1) is 0 Å². The Bertz CT molecular complexity index is 553. The van der Waals surface area contributed by atoms with Crippen LogP contribution in [0.25, 0.3) is 10.2 Å². The Hall–Kier alpha value is -1.13. The summed E-state index contributed by atoms with van der Waals surface area (Å²) in [5.41, 5.74) is 0.988. The van der Waals surface area contributed by atoms with Crippen molar-refractivity contribution >= 4 is 39.9 Å². The van der Waals surface area contributed by atoms with Crippen LogP contribution in [0.1, 0.15) is 0 Å². The van der Waals surface area contributed by atoms with Crippen LogP contribution in [0.3, 0.4) is 0 Å². The molecule has 0 atom stereocenters. The largest absolute Gasteiger partial charge is 0.317 e. The monoisotopic (exact) mass is 225 g/mol. The number of hydrogen-bond acceptors (Lipinski definition) is 3. The molecule has 0 unspecified atom stereocenters. The predicted molar refractivity (Wildman–Crippen MR) is 60.9 cm³/mol. The second-order valence-electron chi connectivity index (χ2n) is 2.77. The lowest BCUT2D eigenvalue weighted by Gasteiger charge is -1.96. The molecule has 0 spiro atoms. The second-order valence-corrected chi connectivity index (χ2v) is 4.19. The fourth-order valence-corrected chi connectivity index (χ4v) is 2.68. The fraction of sp³-hybridized carbons (Fsp3) is 0.111. The molecule has 0 aliphatic rings. The van der Waals surface area contributed by atoms with Crippen molar-refractivity contribution in [3.63, 3.8) is 0 Å². The average molecular weight is 226 g/mol. The third kappa shape index (κ3) is 1.36. The number of halogens is 1. The van der Waals surface area contributed by atoms with Crippen LogP contribution in [0.4, 0.5) is 0 Å². The van der Waals surface area contributed by atoms with Crippen molar-refractivity contribution in [2.24, 2.45) is 17.3 Å². The molecule has 0 radical (unpaired) electrons. The summed E-state index contributed by atoms with van der Waals surface area (Å²) in [7, 11) is 1.91. The Morgan fingerprint density at radius 1 is 1.50 bits per heavy atom. The minimum Gasteiger partial charge on any atom is -0.317 e. The number of hydrogen-bond donors (Lipinski definition) is 0. The minimum atomic E-state index is 0.728. The molecule has 2 aromatic rings. The Balaban J connectivity index is 2.94. The van der Waals surface area contributed by atoms with E-state index in [9.17, 15) is 0 Å². The molecule has 0 aliphatic carbocycles. The number of rotatable bonds is 1. The highest BCUT2D eigenvalue weighted by atomic mass is 35.5. The van der Waals surface area contributed by atoms with Gasteiger partial charge < -0.3 is 4.57 Å². The van der Waals surface area contributed by atoms with E-state index in [0.717, 1.165) is 20.0 Å². The highest BCUT2D eigenvalue weighted by Gasteiger charge is 2.05. The molecule has 0 saturated carbocycles. The summed E-state index contributed by atoms with van der Waals surface area (Å²) in [6.07, 6.45) is 0. The van der Waals surface area contributed by atoms with E-state index in [0.29, 0.717) is 0 Å². The van der Waals surface area contributed by atoms with E-state index in [4.69, 9.17) is 11.6 Å². The maximum Gasteiger partial charge on any atom is 0.211 e. The van der Waals surface area contributed by atoms with E-state index in [1.54, 1.807) is 11.3 Å². The van der Waals surface area contributed by atoms with Crippen LogP contribution >= 0.6 is 22.9 Å². The van der Waals surface area contributed by atoms with Crippen molar-refractivity contribution in [1.82, 2.24) is 4.57 Å². The van der Waals surface area contributed by atoms with Gasteiger partial charge >= 0.3 is 0 Å². The standard InChI is InChI=1S/C9H8ClN3S/c1-11-12-9-13(2)8-6(10)4-3-5-7(8)14-9/h3-5H,1H2,2H3/b12-9+. The first-order chi connectivity index (χ1) is 6.74. The molecular weight excluding hydrogens is 218 g/mol. The quantitative estimate of drug-likeness (QED) is 0.527. The zero-order valence-electron chi connectivity index (χ0n) is 7.57. The molecule has 72 valence electrons. The SMILES string of the molecule is C=N/N=c1/sc2cccc(Cl)c2n1C. The van der Waals surface area contributed by atoms with Gasteiger partial charge in [0, 0.05) is 13.8 Å². The van der Waals surface area contributed by atoms with E-state index < -0.39 is 0 Å². The predicted octanol–water partition coefficient (Wildman–Crippen LogP) is 2.41. The first kappa shape index (κ1) is 9.43. The molecule has 0 saturated heterocycles. The molecule has 5 heteroatoms. The van der Waals surface area contributed by atoms with E-state index in [1.165, 1.54) is 0 Å². The van der Waals surface area contributed by atoms with Crippen LogP contribution in [0.2, 0.25) is 5.02 Å². The highest BCUT2D eigenvalue weighted by Crippen LogP contribution is 2.24. The Morgan fingerprint density at radius 2 is 2.29 bits per heavy atom. The van der Waals surface area contributed by atoms with E-state index >= 15 is 0 Å². The van der Waals surface area contributed by atoms with Gasteiger partial charge in [-0.2, -0.15) is 5.10 Å². The Labute approximate surface area is 90.0 Å². The molecule has 0 aliphatic heterocycles. The molecule has 0 bridgehead atoms. The molecule has 1 heterocycles. The summed E-state index contributed by atoms with van der Waals surface area (Å²) in [6.45, 7) is 3.33. The molecule has 0 amide bonds. The van der Waals surface area contributed by atoms with E-state index in [2.05, 4.69) is 16.9 Å². The lowest BCUT2D eigenvalue weighted by atomic mass is 10.3. The van der Waals surface area contributed by atoms with Gasteiger partial charge in [-0.25, -0.2) is 0 Å². The molecule has 0 fully saturated rings. The maximum absolute atomic E-state index is 6.07. The first-order valence-corrected chi connectivity index (χ1v) is 5.17. The maximum atomic E-state index is 6.07. The van der Waals surface area contributed by atoms with Gasteiger partial charge in [-0.05, 0) is 12.1 Å². The second kappa shape index (κ2) is 3.55. The van der Waals surface area contributed by atoms with Crippen LogP contribution in [0.5, 0.6) is 0 Å². The van der Waals surface area contributed by atoms with Crippen LogP contribution in [-0.4, -0.2) is 11.3 Å². The summed E-state index contributed by atoms with van der Waals surface area (Å²) in [4.78, 5) is 0.795. The molecule has 1 aromatic carbocycles. The number of para-hydroxylation sites is 1. The highest BCUT2D eigenvalue weighted by molar-refractivity contribution is 7.16. The van der Waals surface area contributed by atoms with E-state index in [1.807, 2.05) is 29.8 Å². The molecule has 14 heavy (non-hydrogen) atoms. The number of nitrogens with zero attached hydrogens (tertiary/aromatic N) is 3. The van der Waals surface area contributed by atoms with Crippen molar-refractivity contribution in [3.05, 3.63) is 28.0 Å². The number of fused-ring (bicyclic) bond motifs is 1. The summed E-state index contributed by atoms with van der Waals surface area (Å²) >= 11 is 7.61. The van der Waals surface area contributed by atoms with Crippen molar-refractivity contribution in [2.75, 3.05) is 0 Å². The summed E-state index contributed by atoms with van der Waals surface area (Å²) in [5.74, 6) is 0. The van der Waals surface area contributed by atoms with Gasteiger partial charge in [-0.15, -0.1) is 5.10 Å².